The molecule has 0 radical (unpaired) electrons. The predicted octanol–water partition coefficient (Wildman–Crippen LogP) is 0.258. The predicted molar refractivity (Wildman–Crippen MR) is 60.3 cm³/mol. The van der Waals surface area contributed by atoms with Gasteiger partial charge in [0, 0.05) is 12.0 Å². The molecule has 0 amide bonds. The molecule has 6 heteroatoms. The number of rotatable bonds is 3. The van der Waals surface area contributed by atoms with E-state index in [1.807, 2.05) is 19.9 Å². The standard InChI is InChI=1S/C10H15N5O/c1-3-7(11)6(2)8-4-5-9-12-13-10(16)15(9)14-8/h4-7H,3,11H2,1-2H3,(H,13,16). The van der Waals surface area contributed by atoms with Crippen molar-refractivity contribution in [2.75, 3.05) is 0 Å². The molecule has 2 aromatic heterocycles. The fourth-order valence-corrected chi connectivity index (χ4v) is 1.63. The maximum absolute atomic E-state index is 11.3. The van der Waals surface area contributed by atoms with Crippen LogP contribution < -0.4 is 11.4 Å². The van der Waals surface area contributed by atoms with Crippen LogP contribution in [0.5, 0.6) is 0 Å². The van der Waals surface area contributed by atoms with Gasteiger partial charge in [0.15, 0.2) is 5.65 Å². The van der Waals surface area contributed by atoms with Crippen LogP contribution in [0.2, 0.25) is 0 Å². The monoisotopic (exact) mass is 221 g/mol. The summed E-state index contributed by atoms with van der Waals surface area (Å²) >= 11 is 0. The first kappa shape index (κ1) is 10.8. The van der Waals surface area contributed by atoms with Crippen LogP contribution in [0.4, 0.5) is 0 Å². The SMILES string of the molecule is CCC(N)C(C)c1ccc2n[nH]c(=O)n2n1. The van der Waals surface area contributed by atoms with Gasteiger partial charge >= 0.3 is 5.69 Å². The molecule has 16 heavy (non-hydrogen) atoms. The van der Waals surface area contributed by atoms with E-state index in [1.165, 1.54) is 4.52 Å². The van der Waals surface area contributed by atoms with E-state index in [0.29, 0.717) is 5.65 Å². The van der Waals surface area contributed by atoms with Gasteiger partial charge in [0.2, 0.25) is 0 Å². The summed E-state index contributed by atoms with van der Waals surface area (Å²) in [5.74, 6) is 0.121. The number of H-pyrrole nitrogens is 1. The van der Waals surface area contributed by atoms with Crippen LogP contribution in [0, 0.1) is 0 Å². The number of nitrogens with two attached hydrogens (primary N) is 1. The molecule has 0 fully saturated rings. The third-order valence-corrected chi connectivity index (χ3v) is 2.87. The first-order valence-electron chi connectivity index (χ1n) is 5.33. The Bertz CT molecular complexity index is 543. The van der Waals surface area contributed by atoms with Gasteiger partial charge < -0.3 is 5.73 Å². The molecule has 3 N–H and O–H groups in total. The highest BCUT2D eigenvalue weighted by molar-refractivity contribution is 5.35. The van der Waals surface area contributed by atoms with E-state index >= 15 is 0 Å². The van der Waals surface area contributed by atoms with Crippen LogP contribution in [0.1, 0.15) is 31.9 Å². The van der Waals surface area contributed by atoms with E-state index in [0.717, 1.165) is 12.1 Å². The average Bonchev–Trinajstić information content (AvgIpc) is 2.68. The molecule has 2 heterocycles. The fourth-order valence-electron chi connectivity index (χ4n) is 1.63. The molecule has 0 aromatic carbocycles. The Morgan fingerprint density at radius 1 is 1.56 bits per heavy atom. The van der Waals surface area contributed by atoms with E-state index in [1.54, 1.807) is 6.07 Å². The Morgan fingerprint density at radius 3 is 3.00 bits per heavy atom. The molecule has 0 aliphatic rings. The number of hydrogen-bond donors (Lipinski definition) is 2. The summed E-state index contributed by atoms with van der Waals surface area (Å²) in [7, 11) is 0. The van der Waals surface area contributed by atoms with Crippen molar-refractivity contribution < 1.29 is 0 Å². The minimum atomic E-state index is -0.325. The lowest BCUT2D eigenvalue weighted by Gasteiger charge is -2.17. The molecular formula is C10H15N5O. The van der Waals surface area contributed by atoms with E-state index in [2.05, 4.69) is 15.3 Å². The zero-order valence-electron chi connectivity index (χ0n) is 9.34. The summed E-state index contributed by atoms with van der Waals surface area (Å²) in [4.78, 5) is 11.3. The molecule has 0 aliphatic carbocycles. The molecule has 0 saturated heterocycles. The maximum atomic E-state index is 11.3. The summed E-state index contributed by atoms with van der Waals surface area (Å²) in [5, 5.41) is 10.4. The molecule has 0 aliphatic heterocycles. The summed E-state index contributed by atoms with van der Waals surface area (Å²) in [6.07, 6.45) is 0.876. The second-order valence-corrected chi connectivity index (χ2v) is 3.92. The summed E-state index contributed by atoms with van der Waals surface area (Å²) < 4.78 is 1.26. The molecule has 86 valence electrons. The van der Waals surface area contributed by atoms with Crippen molar-refractivity contribution in [3.8, 4) is 0 Å². The lowest BCUT2D eigenvalue weighted by Crippen LogP contribution is -2.27. The molecule has 6 nitrogen and oxygen atoms in total. The second-order valence-electron chi connectivity index (χ2n) is 3.92. The normalized spacial score (nSPS) is 15.2. The first-order chi connectivity index (χ1) is 7.63. The maximum Gasteiger partial charge on any atom is 0.364 e. The number of nitrogens with one attached hydrogen (secondary N) is 1. The number of aromatic nitrogens is 4. The Morgan fingerprint density at radius 2 is 2.31 bits per heavy atom. The zero-order chi connectivity index (χ0) is 11.7. The quantitative estimate of drug-likeness (QED) is 0.778. The highest BCUT2D eigenvalue weighted by Gasteiger charge is 2.15. The van der Waals surface area contributed by atoms with Gasteiger partial charge in [-0.05, 0) is 18.6 Å². The van der Waals surface area contributed by atoms with Crippen LogP contribution in [0.25, 0.3) is 5.65 Å². The van der Waals surface area contributed by atoms with Gasteiger partial charge in [0.05, 0.1) is 5.69 Å². The lowest BCUT2D eigenvalue weighted by atomic mass is 9.97. The van der Waals surface area contributed by atoms with Crippen LogP contribution in [0.3, 0.4) is 0 Å². The Kier molecular flexibility index (Phi) is 2.74. The van der Waals surface area contributed by atoms with Gasteiger partial charge in [-0.2, -0.15) is 14.7 Å². The molecule has 2 unspecified atom stereocenters. The Labute approximate surface area is 92.5 Å². The largest absolute Gasteiger partial charge is 0.364 e. The van der Waals surface area contributed by atoms with Gasteiger partial charge in [0.1, 0.15) is 0 Å². The second kappa shape index (κ2) is 4.05. The topological polar surface area (TPSA) is 89.1 Å². The minimum absolute atomic E-state index is 0.0487. The summed E-state index contributed by atoms with van der Waals surface area (Å²) in [5.41, 5.74) is 6.96. The smallest absolute Gasteiger partial charge is 0.327 e. The molecule has 2 atom stereocenters. The van der Waals surface area contributed by atoms with E-state index < -0.39 is 0 Å². The van der Waals surface area contributed by atoms with E-state index in [-0.39, 0.29) is 17.6 Å². The number of aromatic amines is 1. The molecule has 2 aromatic rings. The van der Waals surface area contributed by atoms with Gasteiger partial charge in [-0.25, -0.2) is 9.89 Å². The zero-order valence-corrected chi connectivity index (χ0v) is 9.34. The third kappa shape index (κ3) is 1.71. The average molecular weight is 221 g/mol. The van der Waals surface area contributed by atoms with Gasteiger partial charge in [-0.3, -0.25) is 0 Å². The molecule has 0 spiro atoms. The minimum Gasteiger partial charge on any atom is -0.327 e. The van der Waals surface area contributed by atoms with Gasteiger partial charge in [-0.15, -0.1) is 0 Å². The highest BCUT2D eigenvalue weighted by atomic mass is 16.2. The van der Waals surface area contributed by atoms with Crippen molar-refractivity contribution in [1.29, 1.82) is 0 Å². The summed E-state index contributed by atoms with van der Waals surface area (Å²) in [6.45, 7) is 4.04. The Balaban J connectivity index is 2.46. The molecule has 0 saturated carbocycles. The molecule has 2 rings (SSSR count). The van der Waals surface area contributed by atoms with Gasteiger partial charge in [0.25, 0.3) is 0 Å². The van der Waals surface area contributed by atoms with Crippen molar-refractivity contribution in [1.82, 2.24) is 19.8 Å². The lowest BCUT2D eigenvalue weighted by molar-refractivity contribution is 0.532. The summed E-state index contributed by atoms with van der Waals surface area (Å²) in [6, 6.07) is 3.67. The first-order valence-corrected chi connectivity index (χ1v) is 5.33. The van der Waals surface area contributed by atoms with Crippen molar-refractivity contribution in [2.45, 2.75) is 32.2 Å². The fraction of sp³-hybridized carbons (Fsp3) is 0.500. The van der Waals surface area contributed by atoms with E-state index in [4.69, 9.17) is 5.73 Å². The molecular weight excluding hydrogens is 206 g/mol. The van der Waals surface area contributed by atoms with Crippen molar-refractivity contribution in [2.24, 2.45) is 5.73 Å². The number of fused-ring (bicyclic) bond motifs is 1. The van der Waals surface area contributed by atoms with Crippen molar-refractivity contribution in [3.05, 3.63) is 28.3 Å². The molecule has 0 bridgehead atoms. The third-order valence-electron chi connectivity index (χ3n) is 2.87. The van der Waals surface area contributed by atoms with Crippen LogP contribution in [-0.2, 0) is 0 Å². The van der Waals surface area contributed by atoms with Crippen molar-refractivity contribution in [3.63, 3.8) is 0 Å². The van der Waals surface area contributed by atoms with Crippen LogP contribution in [-0.4, -0.2) is 25.9 Å². The van der Waals surface area contributed by atoms with Gasteiger partial charge in [-0.1, -0.05) is 13.8 Å². The number of nitrogens with zero attached hydrogens (tertiary/aromatic N) is 3. The number of hydrogen-bond acceptors (Lipinski definition) is 4. The van der Waals surface area contributed by atoms with E-state index in [9.17, 15) is 4.79 Å². The van der Waals surface area contributed by atoms with Crippen molar-refractivity contribution >= 4 is 5.65 Å². The Hall–Kier alpha value is -1.69. The van der Waals surface area contributed by atoms with Crippen LogP contribution >= 0.6 is 0 Å². The van der Waals surface area contributed by atoms with Crippen LogP contribution in [0.15, 0.2) is 16.9 Å². The highest BCUT2D eigenvalue weighted by Crippen LogP contribution is 2.17.